The maximum absolute atomic E-state index is 12.5. The number of fused-ring (bicyclic) bond motifs is 5. The number of para-hydroxylation sites is 2. The molecule has 6 heterocycles. The summed E-state index contributed by atoms with van der Waals surface area (Å²) in [4.78, 5) is 15.5. The Labute approximate surface area is 333 Å². The summed E-state index contributed by atoms with van der Waals surface area (Å²) in [6, 6.07) is 7.77. The molecule has 56 heavy (non-hydrogen) atoms. The lowest BCUT2D eigenvalue weighted by atomic mass is 9.79. The van der Waals surface area contributed by atoms with Crippen molar-refractivity contribution >= 4 is 11.0 Å². The fraction of sp³-hybridized carbons (Fsp3) is 0.674. The van der Waals surface area contributed by atoms with Gasteiger partial charge in [0.2, 0.25) is 0 Å². The number of aliphatic hydroxyl groups excluding tert-OH is 1. The van der Waals surface area contributed by atoms with Crippen LogP contribution in [0.25, 0.3) is 11.0 Å². The molecule has 3 N–H and O–H groups in total. The monoisotopic (exact) mass is 774 g/mol. The molecule has 7 rings (SSSR count). The Balaban J connectivity index is 0.974. The number of aromatic nitrogens is 2. The molecule has 5 fully saturated rings. The first-order chi connectivity index (χ1) is 26.7. The molecule has 12 unspecified atom stereocenters. The van der Waals surface area contributed by atoms with Crippen LogP contribution in [0.15, 0.2) is 77.2 Å². The molecule has 0 radical (unpaired) electrons. The van der Waals surface area contributed by atoms with Crippen molar-refractivity contribution in [2.75, 3.05) is 0 Å². The average molecular weight is 775 g/mol. The first-order valence-corrected chi connectivity index (χ1v) is 21.2. The van der Waals surface area contributed by atoms with Crippen LogP contribution >= 0.6 is 0 Å². The summed E-state index contributed by atoms with van der Waals surface area (Å²) >= 11 is 0. The number of hydrogen-bond acceptors (Lipinski definition) is 8. The van der Waals surface area contributed by atoms with Gasteiger partial charge in [-0.05, 0) is 110 Å². The van der Waals surface area contributed by atoms with Crippen LogP contribution in [0.2, 0.25) is 0 Å². The Bertz CT molecular complexity index is 1840. The van der Waals surface area contributed by atoms with E-state index in [2.05, 4.69) is 64.4 Å². The van der Waals surface area contributed by atoms with Gasteiger partial charge in [0.25, 0.3) is 0 Å². The lowest BCUT2D eigenvalue weighted by Crippen LogP contribution is -2.59. The zero-order chi connectivity index (χ0) is 39.8. The van der Waals surface area contributed by atoms with Gasteiger partial charge in [-0.3, -0.25) is 4.57 Å². The number of nitrogens with one attached hydrogen (secondary N) is 1. The number of aromatic amines is 1. The van der Waals surface area contributed by atoms with Crippen molar-refractivity contribution < 1.29 is 33.9 Å². The Kier molecular flexibility index (Phi) is 12.4. The maximum atomic E-state index is 12.5. The summed E-state index contributed by atoms with van der Waals surface area (Å²) in [6.45, 7) is 16.9. The molecule has 5 aliphatic heterocycles. The highest BCUT2D eigenvalue weighted by Gasteiger charge is 2.58. The summed E-state index contributed by atoms with van der Waals surface area (Å²) in [6.07, 6.45) is 15.7. The van der Waals surface area contributed by atoms with Gasteiger partial charge in [-0.15, -0.1) is 0 Å². The number of imidazole rings is 1. The van der Waals surface area contributed by atoms with Crippen molar-refractivity contribution in [3.05, 3.63) is 82.9 Å². The second-order valence-electron chi connectivity index (χ2n) is 18.2. The van der Waals surface area contributed by atoms with Crippen LogP contribution in [0.4, 0.5) is 0 Å². The molecule has 1 aromatic carbocycles. The van der Waals surface area contributed by atoms with Gasteiger partial charge in [-0.2, -0.15) is 0 Å². The molecule has 5 aliphatic rings. The smallest absolute Gasteiger partial charge is 0.326 e. The van der Waals surface area contributed by atoms with Crippen LogP contribution in [0.5, 0.6) is 0 Å². The molecule has 0 saturated carbocycles. The van der Waals surface area contributed by atoms with Gasteiger partial charge in [-0.1, -0.05) is 67.2 Å². The van der Waals surface area contributed by atoms with E-state index < -0.39 is 29.0 Å². The Hall–Kier alpha value is -2.83. The van der Waals surface area contributed by atoms with E-state index >= 15 is 0 Å². The number of nitrogens with zero attached hydrogens (tertiary/aromatic N) is 1. The average Bonchev–Trinajstić information content (AvgIpc) is 3.26. The lowest BCUT2D eigenvalue weighted by Gasteiger charge is -2.49. The molecule has 10 heteroatoms. The van der Waals surface area contributed by atoms with E-state index in [4.69, 9.17) is 23.7 Å². The van der Waals surface area contributed by atoms with Crippen LogP contribution in [0.3, 0.4) is 0 Å². The molecular weight excluding hydrogens is 709 g/mol. The highest BCUT2D eigenvalue weighted by molar-refractivity contribution is 5.74. The Morgan fingerprint density at radius 3 is 2.45 bits per heavy atom. The fourth-order valence-corrected chi connectivity index (χ4v) is 10.1. The summed E-state index contributed by atoms with van der Waals surface area (Å²) in [5, 5.41) is 23.3. The Morgan fingerprint density at radius 2 is 1.64 bits per heavy atom. The third-order valence-electron chi connectivity index (χ3n) is 13.9. The van der Waals surface area contributed by atoms with Gasteiger partial charge >= 0.3 is 5.69 Å². The standard InChI is InChI=1S/C46H66N2O8/c1-8-9-10-11-19-39-44(5,51)23-20-36-37(52-39)21-24-45(6)41(53-36)27-38-42(56-45)34(49)28-46(7)40(54-38)26-31(4)35(55-46)18-14-15-29(2)30(3)22-25-48-33-17-13-12-16-32(33)47-43(48)50/h8-10,12-13,15-17,22,31,34-42,49,51H,1,11,14,18-21,23-28H2,2-7H3,(H,47,50)/b10-9-,29-15+,30-22+/t31?,34-,35?,36?,37?,38?,39?,40?,41?,42?,44?,45?,46?/m0/s1. The molecule has 13 atom stereocenters. The van der Waals surface area contributed by atoms with Crippen LogP contribution < -0.4 is 5.69 Å². The van der Waals surface area contributed by atoms with E-state index in [0.29, 0.717) is 32.2 Å². The first-order valence-electron chi connectivity index (χ1n) is 21.2. The third kappa shape index (κ3) is 8.63. The van der Waals surface area contributed by atoms with E-state index in [1.54, 1.807) is 10.6 Å². The van der Waals surface area contributed by atoms with Crippen LogP contribution in [-0.4, -0.2) is 91.5 Å². The molecule has 308 valence electrons. The number of H-pyrrole nitrogens is 1. The predicted octanol–water partition coefficient (Wildman–Crippen LogP) is 7.62. The van der Waals surface area contributed by atoms with Gasteiger partial charge in [0.05, 0.1) is 76.7 Å². The van der Waals surface area contributed by atoms with Crippen molar-refractivity contribution in [1.29, 1.82) is 0 Å². The maximum Gasteiger partial charge on any atom is 0.326 e. The summed E-state index contributed by atoms with van der Waals surface area (Å²) < 4.78 is 36.3. The second kappa shape index (κ2) is 16.8. The first kappa shape index (κ1) is 41.3. The quantitative estimate of drug-likeness (QED) is 0.211. The van der Waals surface area contributed by atoms with Crippen molar-refractivity contribution in [3.8, 4) is 0 Å². The Morgan fingerprint density at radius 1 is 0.929 bits per heavy atom. The van der Waals surface area contributed by atoms with Crippen molar-refractivity contribution in [2.24, 2.45) is 5.92 Å². The molecule has 0 aliphatic carbocycles. The van der Waals surface area contributed by atoms with E-state index in [9.17, 15) is 15.0 Å². The normalized spacial score (nSPS) is 40.9. The minimum atomic E-state index is -0.934. The summed E-state index contributed by atoms with van der Waals surface area (Å²) in [7, 11) is 0. The zero-order valence-electron chi connectivity index (χ0n) is 34.5. The number of ether oxygens (including phenoxy) is 5. The summed E-state index contributed by atoms with van der Waals surface area (Å²) in [5.41, 5.74) is 1.82. The number of benzene rings is 1. The minimum absolute atomic E-state index is 0.0318. The molecule has 5 saturated heterocycles. The van der Waals surface area contributed by atoms with Gasteiger partial charge in [0.15, 0.2) is 0 Å². The molecule has 0 amide bonds. The highest BCUT2D eigenvalue weighted by Crippen LogP contribution is 2.49. The van der Waals surface area contributed by atoms with Gasteiger partial charge < -0.3 is 38.9 Å². The van der Waals surface area contributed by atoms with Crippen molar-refractivity contribution in [3.63, 3.8) is 0 Å². The molecule has 1 aromatic heterocycles. The highest BCUT2D eigenvalue weighted by atomic mass is 16.6. The summed E-state index contributed by atoms with van der Waals surface area (Å²) in [5.74, 6) is 0.279. The van der Waals surface area contributed by atoms with Crippen LogP contribution in [-0.2, 0) is 30.2 Å². The topological polar surface area (TPSA) is 124 Å². The number of allylic oxidation sites excluding steroid dienone is 7. The SMILES string of the molecule is C=C/C=C\CCC1OC2CCC3(C)OC4C(CC3OC2CCC1(C)O)OC1CC(C)C(CC/C=C(C)/C(C)=C/Cn2c(=O)[nH]c3ccccc32)OC1(C)C[C@@H]4O. The zero-order valence-corrected chi connectivity index (χ0v) is 34.5. The fourth-order valence-electron chi connectivity index (χ4n) is 10.1. The number of rotatable bonds is 10. The lowest BCUT2D eigenvalue weighted by molar-refractivity contribution is -0.273. The molecule has 2 aromatic rings. The van der Waals surface area contributed by atoms with Crippen LogP contribution in [0, 0.1) is 5.92 Å². The molecule has 0 bridgehead atoms. The molecule has 0 spiro atoms. The largest absolute Gasteiger partial charge is 0.390 e. The number of hydrogen-bond donors (Lipinski definition) is 3. The molecule has 10 nitrogen and oxygen atoms in total. The molecular formula is C46H66N2O8. The number of aliphatic hydroxyl groups is 2. The van der Waals surface area contributed by atoms with Crippen molar-refractivity contribution in [1.82, 2.24) is 9.55 Å². The predicted molar refractivity (Wildman–Crippen MR) is 219 cm³/mol. The van der Waals surface area contributed by atoms with Gasteiger partial charge in [0.1, 0.15) is 6.10 Å². The van der Waals surface area contributed by atoms with E-state index in [0.717, 1.165) is 61.6 Å². The second-order valence-corrected chi connectivity index (χ2v) is 18.2. The van der Waals surface area contributed by atoms with E-state index in [-0.39, 0.29) is 54.3 Å². The van der Waals surface area contributed by atoms with E-state index in [1.165, 1.54) is 5.57 Å². The van der Waals surface area contributed by atoms with Gasteiger partial charge in [-0.25, -0.2) is 4.79 Å². The van der Waals surface area contributed by atoms with Crippen LogP contribution in [0.1, 0.15) is 112 Å². The van der Waals surface area contributed by atoms with Crippen molar-refractivity contribution in [2.45, 2.75) is 190 Å². The third-order valence-corrected chi connectivity index (χ3v) is 13.9. The van der Waals surface area contributed by atoms with E-state index in [1.807, 2.05) is 37.3 Å². The van der Waals surface area contributed by atoms with Gasteiger partial charge in [0, 0.05) is 19.4 Å². The minimum Gasteiger partial charge on any atom is -0.390 e.